The van der Waals surface area contributed by atoms with Crippen molar-refractivity contribution in [3.63, 3.8) is 0 Å². The van der Waals surface area contributed by atoms with Gasteiger partial charge in [-0.25, -0.2) is 4.79 Å². The lowest BCUT2D eigenvalue weighted by atomic mass is 10.1. The van der Waals surface area contributed by atoms with Crippen molar-refractivity contribution in [1.82, 2.24) is 9.88 Å². The monoisotopic (exact) mass is 266 g/mol. The molecule has 0 spiro atoms. The zero-order chi connectivity index (χ0) is 14.4. The van der Waals surface area contributed by atoms with Crippen LogP contribution >= 0.6 is 0 Å². The molecule has 0 saturated heterocycles. The number of amides is 1. The SMILES string of the molecule is CCCC(NC(=O)Cn1cccc(C)c1=O)C(=O)O. The Morgan fingerprint density at radius 3 is 2.74 bits per heavy atom. The maximum atomic E-state index is 11.7. The molecule has 6 heteroatoms. The van der Waals surface area contributed by atoms with Crippen molar-refractivity contribution in [2.24, 2.45) is 0 Å². The first kappa shape index (κ1) is 14.9. The highest BCUT2D eigenvalue weighted by molar-refractivity contribution is 5.83. The first-order valence-electron chi connectivity index (χ1n) is 6.14. The third-order valence-corrected chi connectivity index (χ3v) is 2.74. The Kier molecular flexibility index (Phi) is 5.29. The van der Waals surface area contributed by atoms with Crippen LogP contribution in [0.15, 0.2) is 23.1 Å². The van der Waals surface area contributed by atoms with Gasteiger partial charge in [0.1, 0.15) is 12.6 Å². The number of nitrogens with zero attached hydrogens (tertiary/aromatic N) is 1. The van der Waals surface area contributed by atoms with Crippen LogP contribution in [0, 0.1) is 6.92 Å². The van der Waals surface area contributed by atoms with Crippen molar-refractivity contribution in [3.8, 4) is 0 Å². The third-order valence-electron chi connectivity index (χ3n) is 2.74. The fourth-order valence-corrected chi connectivity index (χ4v) is 1.72. The van der Waals surface area contributed by atoms with Gasteiger partial charge in [-0.1, -0.05) is 19.4 Å². The topological polar surface area (TPSA) is 88.4 Å². The molecule has 0 aromatic carbocycles. The highest BCUT2D eigenvalue weighted by Gasteiger charge is 2.18. The van der Waals surface area contributed by atoms with Crippen molar-refractivity contribution in [3.05, 3.63) is 34.2 Å². The molecule has 6 nitrogen and oxygen atoms in total. The van der Waals surface area contributed by atoms with E-state index in [1.165, 1.54) is 10.8 Å². The molecule has 1 aromatic rings. The Morgan fingerprint density at radius 1 is 1.47 bits per heavy atom. The summed E-state index contributed by atoms with van der Waals surface area (Å²) in [6.45, 7) is 3.33. The van der Waals surface area contributed by atoms with E-state index in [1.54, 1.807) is 19.1 Å². The molecule has 0 bridgehead atoms. The van der Waals surface area contributed by atoms with E-state index < -0.39 is 17.9 Å². The molecule has 2 N–H and O–H groups in total. The minimum atomic E-state index is -1.06. The number of aryl methyl sites for hydroxylation is 1. The van der Waals surface area contributed by atoms with Crippen LogP contribution in [0.5, 0.6) is 0 Å². The van der Waals surface area contributed by atoms with E-state index in [4.69, 9.17) is 5.11 Å². The first-order chi connectivity index (χ1) is 8.95. The van der Waals surface area contributed by atoms with Crippen LogP contribution in [0.2, 0.25) is 0 Å². The van der Waals surface area contributed by atoms with E-state index in [2.05, 4.69) is 5.32 Å². The van der Waals surface area contributed by atoms with E-state index >= 15 is 0 Å². The van der Waals surface area contributed by atoms with Crippen LogP contribution in [0.4, 0.5) is 0 Å². The van der Waals surface area contributed by atoms with E-state index in [0.29, 0.717) is 18.4 Å². The number of hydrogen-bond donors (Lipinski definition) is 2. The fraction of sp³-hybridized carbons (Fsp3) is 0.462. The third kappa shape index (κ3) is 4.24. The molecule has 1 unspecified atom stereocenters. The standard InChI is InChI=1S/C13H18N2O4/c1-3-5-10(13(18)19)14-11(16)8-15-7-4-6-9(2)12(15)17/h4,6-7,10H,3,5,8H2,1-2H3,(H,14,16)(H,18,19). The molecule has 1 amide bonds. The van der Waals surface area contributed by atoms with E-state index in [1.807, 2.05) is 6.92 Å². The Hall–Kier alpha value is -2.11. The number of carboxylic acid groups (broad SMARTS) is 1. The Bertz CT molecular complexity index is 522. The van der Waals surface area contributed by atoms with Crippen molar-refractivity contribution >= 4 is 11.9 Å². The van der Waals surface area contributed by atoms with Gasteiger partial charge in [-0.15, -0.1) is 0 Å². The lowest BCUT2D eigenvalue weighted by molar-refractivity contribution is -0.142. The molecule has 0 aliphatic carbocycles. The van der Waals surface area contributed by atoms with Crippen LogP contribution < -0.4 is 10.9 Å². The van der Waals surface area contributed by atoms with Gasteiger partial charge in [0, 0.05) is 11.8 Å². The van der Waals surface area contributed by atoms with Crippen LogP contribution in [0.3, 0.4) is 0 Å². The van der Waals surface area contributed by atoms with Gasteiger partial charge >= 0.3 is 5.97 Å². The van der Waals surface area contributed by atoms with Crippen molar-refractivity contribution in [2.75, 3.05) is 0 Å². The summed E-state index contributed by atoms with van der Waals surface area (Å²) in [5.74, 6) is -1.54. The lowest BCUT2D eigenvalue weighted by Gasteiger charge is -2.14. The summed E-state index contributed by atoms with van der Waals surface area (Å²) in [7, 11) is 0. The van der Waals surface area contributed by atoms with Crippen LogP contribution in [0.25, 0.3) is 0 Å². The van der Waals surface area contributed by atoms with Gasteiger partial charge in [-0.2, -0.15) is 0 Å². The number of aliphatic carboxylic acids is 1. The number of carbonyl (C=O) groups excluding carboxylic acids is 1. The fourth-order valence-electron chi connectivity index (χ4n) is 1.72. The predicted octanol–water partition coefficient (Wildman–Crippen LogP) is 0.526. The average Bonchev–Trinajstić information content (AvgIpc) is 2.34. The molecule has 0 saturated carbocycles. The summed E-state index contributed by atoms with van der Waals surface area (Å²) in [5.41, 5.74) is 0.290. The summed E-state index contributed by atoms with van der Waals surface area (Å²) < 4.78 is 1.26. The molecule has 19 heavy (non-hydrogen) atoms. The highest BCUT2D eigenvalue weighted by atomic mass is 16.4. The number of nitrogens with one attached hydrogen (secondary N) is 1. The van der Waals surface area contributed by atoms with Gasteiger partial charge in [0.15, 0.2) is 0 Å². The number of aromatic nitrogens is 1. The summed E-state index contributed by atoms with van der Waals surface area (Å²) in [6.07, 6.45) is 2.52. The van der Waals surface area contributed by atoms with E-state index in [9.17, 15) is 14.4 Å². The second kappa shape index (κ2) is 6.72. The van der Waals surface area contributed by atoms with Gasteiger partial charge in [-0.3, -0.25) is 9.59 Å². The molecule has 1 aromatic heterocycles. The quantitative estimate of drug-likeness (QED) is 0.786. The van der Waals surface area contributed by atoms with Crippen LogP contribution in [-0.2, 0) is 16.1 Å². The Balaban J connectivity index is 2.72. The summed E-state index contributed by atoms with van der Waals surface area (Å²) in [4.78, 5) is 34.4. The number of carboxylic acids is 1. The van der Waals surface area contributed by atoms with Crippen LogP contribution in [-0.4, -0.2) is 27.6 Å². The molecule has 104 valence electrons. The summed E-state index contributed by atoms with van der Waals surface area (Å²) >= 11 is 0. The number of pyridine rings is 1. The van der Waals surface area contributed by atoms with E-state index in [0.717, 1.165) is 0 Å². The first-order valence-corrected chi connectivity index (χ1v) is 6.14. The molecular weight excluding hydrogens is 248 g/mol. The van der Waals surface area contributed by atoms with Gasteiger partial charge in [0.25, 0.3) is 5.56 Å². The number of carbonyl (C=O) groups is 2. The molecule has 1 rings (SSSR count). The molecule has 0 radical (unpaired) electrons. The second-order valence-electron chi connectivity index (χ2n) is 4.37. The molecular formula is C13H18N2O4. The van der Waals surface area contributed by atoms with Gasteiger partial charge in [-0.05, 0) is 19.4 Å². The minimum Gasteiger partial charge on any atom is -0.480 e. The molecule has 0 aliphatic rings. The van der Waals surface area contributed by atoms with Gasteiger partial charge in [0.05, 0.1) is 0 Å². The smallest absolute Gasteiger partial charge is 0.326 e. The van der Waals surface area contributed by atoms with Crippen molar-refractivity contribution in [1.29, 1.82) is 0 Å². The zero-order valence-electron chi connectivity index (χ0n) is 11.0. The summed E-state index contributed by atoms with van der Waals surface area (Å²) in [5, 5.41) is 11.3. The maximum Gasteiger partial charge on any atom is 0.326 e. The van der Waals surface area contributed by atoms with Gasteiger partial charge < -0.3 is 15.0 Å². The number of rotatable bonds is 6. The molecule has 0 fully saturated rings. The van der Waals surface area contributed by atoms with Gasteiger partial charge in [0.2, 0.25) is 5.91 Å². The maximum absolute atomic E-state index is 11.7. The normalized spacial score (nSPS) is 11.9. The molecule has 1 atom stereocenters. The Labute approximate surface area is 111 Å². The lowest BCUT2D eigenvalue weighted by Crippen LogP contribution is -2.43. The number of hydrogen-bond acceptors (Lipinski definition) is 3. The largest absolute Gasteiger partial charge is 0.480 e. The zero-order valence-corrected chi connectivity index (χ0v) is 11.0. The average molecular weight is 266 g/mol. The molecule has 1 heterocycles. The predicted molar refractivity (Wildman–Crippen MR) is 69.9 cm³/mol. The molecule has 0 aliphatic heterocycles. The van der Waals surface area contributed by atoms with Crippen molar-refractivity contribution in [2.45, 2.75) is 39.3 Å². The summed E-state index contributed by atoms with van der Waals surface area (Å²) in [6, 6.07) is 2.43. The Morgan fingerprint density at radius 2 is 2.16 bits per heavy atom. The highest BCUT2D eigenvalue weighted by Crippen LogP contribution is 1.97. The second-order valence-corrected chi connectivity index (χ2v) is 4.37. The minimum absolute atomic E-state index is 0.173. The van der Waals surface area contributed by atoms with Crippen LogP contribution in [0.1, 0.15) is 25.3 Å². The van der Waals surface area contributed by atoms with E-state index in [-0.39, 0.29) is 12.1 Å². The van der Waals surface area contributed by atoms with Crippen molar-refractivity contribution < 1.29 is 14.7 Å².